The number of carbonyl (C=O) groups is 1. The normalized spacial score (nSPS) is 14.0. The minimum Gasteiger partial charge on any atom is -0.354 e. The predicted molar refractivity (Wildman–Crippen MR) is 83.2 cm³/mol. The second kappa shape index (κ2) is 7.36. The second-order valence-corrected chi connectivity index (χ2v) is 5.90. The fraction of sp³-hybridized carbons (Fsp3) is 0.667. The molecule has 1 amide bonds. The molecule has 0 saturated carbocycles. The molecule has 21 heavy (non-hydrogen) atoms. The van der Waals surface area contributed by atoms with Crippen molar-refractivity contribution in [2.75, 3.05) is 6.54 Å². The molecule has 0 spiro atoms. The number of H-pyrrole nitrogens is 1. The summed E-state index contributed by atoms with van der Waals surface area (Å²) in [6.07, 6.45) is 0. The Morgan fingerprint density at radius 3 is 2.38 bits per heavy atom. The first-order chi connectivity index (χ1) is 9.72. The molecule has 6 heteroatoms. The standard InChI is InChI=1S/C15H26N4O2/c1-8(2)7-16-14(20)11(5)17-9(3)13-10(4)18-12(6)19-15(13)21/h8-9,11,17H,7H2,1-6H3,(H,16,20)(H,18,19,21). The number of carbonyl (C=O) groups excluding carboxylic acids is 1. The van der Waals surface area contributed by atoms with E-state index in [-0.39, 0.29) is 23.6 Å². The van der Waals surface area contributed by atoms with Crippen molar-refractivity contribution in [2.24, 2.45) is 5.92 Å². The molecule has 0 radical (unpaired) electrons. The first-order valence-corrected chi connectivity index (χ1v) is 7.33. The van der Waals surface area contributed by atoms with Gasteiger partial charge in [-0.15, -0.1) is 0 Å². The first kappa shape index (κ1) is 17.4. The van der Waals surface area contributed by atoms with Crippen molar-refractivity contribution in [3.8, 4) is 0 Å². The highest BCUT2D eigenvalue weighted by atomic mass is 16.2. The summed E-state index contributed by atoms with van der Waals surface area (Å²) >= 11 is 0. The molecule has 0 bridgehead atoms. The van der Waals surface area contributed by atoms with Crippen LogP contribution in [-0.2, 0) is 4.79 Å². The largest absolute Gasteiger partial charge is 0.354 e. The van der Waals surface area contributed by atoms with Gasteiger partial charge in [-0.25, -0.2) is 4.98 Å². The molecule has 0 aliphatic rings. The fourth-order valence-electron chi connectivity index (χ4n) is 2.24. The molecule has 0 fully saturated rings. The summed E-state index contributed by atoms with van der Waals surface area (Å²) in [6, 6.07) is -0.625. The van der Waals surface area contributed by atoms with Crippen LogP contribution in [0.1, 0.15) is 50.8 Å². The zero-order valence-electron chi connectivity index (χ0n) is 13.7. The molecule has 0 aromatic carbocycles. The van der Waals surface area contributed by atoms with Crippen LogP contribution in [-0.4, -0.2) is 28.5 Å². The molecule has 1 aromatic heterocycles. The molecule has 6 nitrogen and oxygen atoms in total. The summed E-state index contributed by atoms with van der Waals surface area (Å²) in [4.78, 5) is 31.0. The minimum absolute atomic E-state index is 0.0651. The molecule has 2 atom stereocenters. The van der Waals surface area contributed by atoms with Crippen molar-refractivity contribution in [1.29, 1.82) is 0 Å². The molecule has 3 N–H and O–H groups in total. The van der Waals surface area contributed by atoms with Crippen molar-refractivity contribution in [3.05, 3.63) is 27.4 Å². The maximum atomic E-state index is 12.0. The van der Waals surface area contributed by atoms with Crippen LogP contribution in [0.5, 0.6) is 0 Å². The molecule has 118 valence electrons. The Hall–Kier alpha value is -1.69. The lowest BCUT2D eigenvalue weighted by Gasteiger charge is -2.21. The number of nitrogens with one attached hydrogen (secondary N) is 3. The zero-order valence-corrected chi connectivity index (χ0v) is 13.7. The monoisotopic (exact) mass is 294 g/mol. The Morgan fingerprint density at radius 1 is 1.24 bits per heavy atom. The molecule has 0 saturated heterocycles. The van der Waals surface area contributed by atoms with E-state index >= 15 is 0 Å². The zero-order chi connectivity index (χ0) is 16.2. The highest BCUT2D eigenvalue weighted by Crippen LogP contribution is 2.11. The summed E-state index contributed by atoms with van der Waals surface area (Å²) in [5.74, 6) is 0.936. The third-order valence-corrected chi connectivity index (χ3v) is 3.28. The van der Waals surface area contributed by atoms with E-state index in [0.717, 1.165) is 0 Å². The van der Waals surface area contributed by atoms with Gasteiger partial charge in [0.2, 0.25) is 5.91 Å². The Labute approximate surface area is 125 Å². The minimum atomic E-state index is -0.376. The van der Waals surface area contributed by atoms with Crippen LogP contribution < -0.4 is 16.2 Å². The average Bonchev–Trinajstić information content (AvgIpc) is 2.34. The van der Waals surface area contributed by atoms with Crippen molar-refractivity contribution >= 4 is 5.91 Å². The number of hydrogen-bond acceptors (Lipinski definition) is 4. The topological polar surface area (TPSA) is 86.9 Å². The van der Waals surface area contributed by atoms with Crippen LogP contribution in [0.3, 0.4) is 0 Å². The lowest BCUT2D eigenvalue weighted by atomic mass is 10.1. The van der Waals surface area contributed by atoms with E-state index in [0.29, 0.717) is 29.5 Å². The van der Waals surface area contributed by atoms with Gasteiger partial charge in [0.25, 0.3) is 5.56 Å². The lowest BCUT2D eigenvalue weighted by Crippen LogP contribution is -2.45. The number of amides is 1. The fourth-order valence-corrected chi connectivity index (χ4v) is 2.24. The number of aryl methyl sites for hydroxylation is 2. The van der Waals surface area contributed by atoms with E-state index in [9.17, 15) is 9.59 Å². The summed E-state index contributed by atoms with van der Waals surface area (Å²) in [5, 5.41) is 6.02. The smallest absolute Gasteiger partial charge is 0.255 e. The van der Waals surface area contributed by atoms with Crippen LogP contribution in [0.15, 0.2) is 4.79 Å². The number of rotatable bonds is 6. The van der Waals surface area contributed by atoms with E-state index < -0.39 is 0 Å². The van der Waals surface area contributed by atoms with Gasteiger partial charge >= 0.3 is 0 Å². The van der Waals surface area contributed by atoms with Gasteiger partial charge < -0.3 is 10.3 Å². The van der Waals surface area contributed by atoms with Crippen molar-refractivity contribution in [3.63, 3.8) is 0 Å². The number of aromatic amines is 1. The highest BCUT2D eigenvalue weighted by molar-refractivity contribution is 5.81. The number of hydrogen-bond donors (Lipinski definition) is 3. The summed E-state index contributed by atoms with van der Waals surface area (Å²) in [6.45, 7) is 11.9. The molecule has 0 aliphatic carbocycles. The van der Waals surface area contributed by atoms with Gasteiger partial charge in [0.05, 0.1) is 11.6 Å². The molecule has 1 aromatic rings. The third kappa shape index (κ3) is 4.97. The molecule has 2 unspecified atom stereocenters. The van der Waals surface area contributed by atoms with E-state index in [1.54, 1.807) is 20.8 Å². The van der Waals surface area contributed by atoms with Crippen LogP contribution in [0, 0.1) is 19.8 Å². The molecular weight excluding hydrogens is 268 g/mol. The van der Waals surface area contributed by atoms with Gasteiger partial charge in [-0.3, -0.25) is 14.9 Å². The summed E-state index contributed by atoms with van der Waals surface area (Å²) in [5.41, 5.74) is 1.10. The van der Waals surface area contributed by atoms with E-state index in [1.807, 2.05) is 20.8 Å². The average molecular weight is 294 g/mol. The van der Waals surface area contributed by atoms with Gasteiger partial charge in [-0.2, -0.15) is 0 Å². The summed E-state index contributed by atoms with van der Waals surface area (Å²) < 4.78 is 0. The number of nitrogens with zero attached hydrogens (tertiary/aromatic N) is 1. The molecular formula is C15H26N4O2. The highest BCUT2D eigenvalue weighted by Gasteiger charge is 2.20. The van der Waals surface area contributed by atoms with Crippen LogP contribution in [0.2, 0.25) is 0 Å². The van der Waals surface area contributed by atoms with E-state index in [2.05, 4.69) is 20.6 Å². The molecule has 1 rings (SSSR count). The van der Waals surface area contributed by atoms with E-state index in [4.69, 9.17) is 0 Å². The summed E-state index contributed by atoms with van der Waals surface area (Å²) in [7, 11) is 0. The predicted octanol–water partition coefficient (Wildman–Crippen LogP) is 1.20. The van der Waals surface area contributed by atoms with Crippen molar-refractivity contribution in [2.45, 2.75) is 53.6 Å². The lowest BCUT2D eigenvalue weighted by molar-refractivity contribution is -0.123. The van der Waals surface area contributed by atoms with Gasteiger partial charge in [-0.1, -0.05) is 13.8 Å². The first-order valence-electron chi connectivity index (χ1n) is 7.33. The van der Waals surface area contributed by atoms with Crippen molar-refractivity contribution in [1.82, 2.24) is 20.6 Å². The number of aromatic nitrogens is 2. The quantitative estimate of drug-likeness (QED) is 0.735. The second-order valence-electron chi connectivity index (χ2n) is 5.90. The SMILES string of the molecule is Cc1nc(C)c(C(C)NC(C)C(=O)NCC(C)C)c(=O)[nH]1. The van der Waals surface area contributed by atoms with Gasteiger partial charge in [0, 0.05) is 18.3 Å². The van der Waals surface area contributed by atoms with Crippen LogP contribution >= 0.6 is 0 Å². The molecule has 0 aliphatic heterocycles. The van der Waals surface area contributed by atoms with Crippen molar-refractivity contribution < 1.29 is 4.79 Å². The van der Waals surface area contributed by atoms with Gasteiger partial charge in [0.1, 0.15) is 5.82 Å². The van der Waals surface area contributed by atoms with Gasteiger partial charge in [-0.05, 0) is 33.6 Å². The Balaban J connectivity index is 2.75. The Bertz CT molecular complexity index is 551. The Morgan fingerprint density at radius 2 is 1.86 bits per heavy atom. The third-order valence-electron chi connectivity index (χ3n) is 3.28. The van der Waals surface area contributed by atoms with Gasteiger partial charge in [0.15, 0.2) is 0 Å². The van der Waals surface area contributed by atoms with Crippen LogP contribution in [0.4, 0.5) is 0 Å². The van der Waals surface area contributed by atoms with Crippen LogP contribution in [0.25, 0.3) is 0 Å². The Kier molecular flexibility index (Phi) is 6.08. The molecule has 1 heterocycles. The maximum absolute atomic E-state index is 12.0. The maximum Gasteiger partial charge on any atom is 0.255 e. The van der Waals surface area contributed by atoms with E-state index in [1.165, 1.54) is 0 Å².